The van der Waals surface area contributed by atoms with E-state index in [0.29, 0.717) is 12.8 Å². The topological polar surface area (TPSA) is 59.0 Å². The third-order valence-electron chi connectivity index (χ3n) is 3.97. The Bertz CT molecular complexity index is 503. The molecule has 0 bridgehead atoms. The standard InChI is InChI=1S/C15H19NO4/c17-9-12-2-1-7-16(12)15(18)6-4-11-3-5-13-14(8-11)20-10-19-13/h3,5,8,12,17H,1-2,4,6-7,9-10H2/t12-/m0/s1. The van der Waals surface area contributed by atoms with Crippen molar-refractivity contribution in [1.29, 1.82) is 0 Å². The molecule has 1 fully saturated rings. The molecule has 1 atom stereocenters. The summed E-state index contributed by atoms with van der Waals surface area (Å²) in [7, 11) is 0. The number of aliphatic hydroxyl groups is 1. The van der Waals surface area contributed by atoms with Crippen LogP contribution in [0.15, 0.2) is 18.2 Å². The molecule has 0 saturated carbocycles. The van der Waals surface area contributed by atoms with Crippen molar-refractivity contribution in [1.82, 2.24) is 4.90 Å². The second kappa shape index (κ2) is 5.71. The zero-order valence-corrected chi connectivity index (χ0v) is 11.4. The molecule has 1 aromatic carbocycles. The number of amides is 1. The molecule has 20 heavy (non-hydrogen) atoms. The summed E-state index contributed by atoms with van der Waals surface area (Å²) >= 11 is 0. The molecule has 0 aromatic heterocycles. The number of carbonyl (C=O) groups is 1. The number of hydrogen-bond acceptors (Lipinski definition) is 4. The van der Waals surface area contributed by atoms with Gasteiger partial charge in [-0.1, -0.05) is 6.07 Å². The number of aliphatic hydroxyl groups excluding tert-OH is 1. The smallest absolute Gasteiger partial charge is 0.231 e. The third kappa shape index (κ3) is 2.58. The lowest BCUT2D eigenvalue weighted by atomic mass is 10.1. The summed E-state index contributed by atoms with van der Waals surface area (Å²) in [5.41, 5.74) is 1.07. The minimum absolute atomic E-state index is 0.0132. The number of ether oxygens (including phenoxy) is 2. The van der Waals surface area contributed by atoms with E-state index in [1.54, 1.807) is 0 Å². The molecule has 2 aliphatic heterocycles. The molecule has 5 nitrogen and oxygen atoms in total. The molecule has 1 N–H and O–H groups in total. The van der Waals surface area contributed by atoms with Crippen LogP contribution in [0.3, 0.4) is 0 Å². The van der Waals surface area contributed by atoms with Crippen LogP contribution in [-0.2, 0) is 11.2 Å². The van der Waals surface area contributed by atoms with Crippen molar-refractivity contribution in [2.45, 2.75) is 31.7 Å². The van der Waals surface area contributed by atoms with Gasteiger partial charge in [0.25, 0.3) is 0 Å². The van der Waals surface area contributed by atoms with E-state index in [1.807, 2.05) is 23.1 Å². The molecule has 1 amide bonds. The van der Waals surface area contributed by atoms with Crippen LogP contribution in [0.1, 0.15) is 24.8 Å². The highest BCUT2D eigenvalue weighted by Crippen LogP contribution is 2.32. The lowest BCUT2D eigenvalue weighted by molar-refractivity contribution is -0.132. The first-order valence-electron chi connectivity index (χ1n) is 7.07. The highest BCUT2D eigenvalue weighted by atomic mass is 16.7. The molecular weight excluding hydrogens is 258 g/mol. The molecule has 0 unspecified atom stereocenters. The van der Waals surface area contributed by atoms with Gasteiger partial charge in [-0.05, 0) is 37.0 Å². The van der Waals surface area contributed by atoms with Crippen molar-refractivity contribution in [2.24, 2.45) is 0 Å². The first-order chi connectivity index (χ1) is 9.78. The quantitative estimate of drug-likeness (QED) is 0.902. The summed E-state index contributed by atoms with van der Waals surface area (Å²) in [5.74, 6) is 1.64. The zero-order chi connectivity index (χ0) is 13.9. The van der Waals surface area contributed by atoms with Gasteiger partial charge in [0.1, 0.15) is 0 Å². The average Bonchev–Trinajstić information content (AvgIpc) is 3.12. The zero-order valence-electron chi connectivity index (χ0n) is 11.4. The lowest BCUT2D eigenvalue weighted by Crippen LogP contribution is -2.37. The second-order valence-electron chi connectivity index (χ2n) is 5.25. The van der Waals surface area contributed by atoms with Gasteiger partial charge in [0, 0.05) is 13.0 Å². The number of nitrogens with zero attached hydrogens (tertiary/aromatic N) is 1. The molecule has 2 aliphatic rings. The summed E-state index contributed by atoms with van der Waals surface area (Å²) in [5, 5.41) is 9.25. The number of likely N-dealkylation sites (tertiary alicyclic amines) is 1. The average molecular weight is 277 g/mol. The van der Waals surface area contributed by atoms with Crippen molar-refractivity contribution in [3.63, 3.8) is 0 Å². The van der Waals surface area contributed by atoms with E-state index in [9.17, 15) is 9.90 Å². The van der Waals surface area contributed by atoms with Crippen LogP contribution in [-0.4, -0.2) is 41.9 Å². The number of aryl methyl sites for hydroxylation is 1. The number of benzene rings is 1. The molecular formula is C15H19NO4. The van der Waals surface area contributed by atoms with Crippen LogP contribution in [0, 0.1) is 0 Å². The maximum Gasteiger partial charge on any atom is 0.231 e. The Morgan fingerprint density at radius 3 is 3.05 bits per heavy atom. The van der Waals surface area contributed by atoms with E-state index in [-0.39, 0.29) is 25.3 Å². The fourth-order valence-electron chi connectivity index (χ4n) is 2.85. The van der Waals surface area contributed by atoms with Crippen LogP contribution in [0.25, 0.3) is 0 Å². The van der Waals surface area contributed by atoms with E-state index < -0.39 is 0 Å². The minimum Gasteiger partial charge on any atom is -0.454 e. The molecule has 0 aliphatic carbocycles. The normalized spacial score (nSPS) is 20.4. The van der Waals surface area contributed by atoms with Gasteiger partial charge >= 0.3 is 0 Å². The van der Waals surface area contributed by atoms with Crippen LogP contribution < -0.4 is 9.47 Å². The maximum atomic E-state index is 12.2. The molecule has 3 rings (SSSR count). The predicted molar refractivity (Wildman–Crippen MR) is 72.7 cm³/mol. The Hall–Kier alpha value is -1.75. The first-order valence-corrected chi connectivity index (χ1v) is 7.07. The highest BCUT2D eigenvalue weighted by molar-refractivity contribution is 5.77. The van der Waals surface area contributed by atoms with Crippen LogP contribution in [0.2, 0.25) is 0 Å². The van der Waals surface area contributed by atoms with E-state index >= 15 is 0 Å². The molecule has 0 spiro atoms. The van der Waals surface area contributed by atoms with E-state index in [2.05, 4.69) is 0 Å². The lowest BCUT2D eigenvalue weighted by Gasteiger charge is -2.23. The summed E-state index contributed by atoms with van der Waals surface area (Å²) in [6, 6.07) is 5.80. The van der Waals surface area contributed by atoms with Crippen LogP contribution in [0.5, 0.6) is 11.5 Å². The molecule has 0 radical (unpaired) electrons. The van der Waals surface area contributed by atoms with Crippen molar-refractivity contribution in [3.8, 4) is 11.5 Å². The Kier molecular flexibility index (Phi) is 3.78. The second-order valence-corrected chi connectivity index (χ2v) is 5.25. The number of fused-ring (bicyclic) bond motifs is 1. The minimum atomic E-state index is 0.0132. The fraction of sp³-hybridized carbons (Fsp3) is 0.533. The van der Waals surface area contributed by atoms with Crippen LogP contribution >= 0.6 is 0 Å². The summed E-state index contributed by atoms with van der Waals surface area (Å²) in [6.07, 6.45) is 3.05. The Balaban J connectivity index is 1.58. The Morgan fingerprint density at radius 1 is 1.35 bits per heavy atom. The molecule has 1 saturated heterocycles. The van der Waals surface area contributed by atoms with E-state index in [1.165, 1.54) is 0 Å². The van der Waals surface area contributed by atoms with Gasteiger partial charge < -0.3 is 19.5 Å². The number of carbonyl (C=O) groups excluding carboxylic acids is 1. The molecule has 108 valence electrons. The van der Waals surface area contributed by atoms with E-state index in [4.69, 9.17) is 9.47 Å². The maximum absolute atomic E-state index is 12.2. The van der Waals surface area contributed by atoms with Crippen molar-refractivity contribution in [2.75, 3.05) is 19.9 Å². The summed E-state index contributed by atoms with van der Waals surface area (Å²) < 4.78 is 10.6. The summed E-state index contributed by atoms with van der Waals surface area (Å²) in [6.45, 7) is 1.10. The van der Waals surface area contributed by atoms with Gasteiger partial charge in [-0.15, -0.1) is 0 Å². The van der Waals surface area contributed by atoms with Crippen molar-refractivity contribution < 1.29 is 19.4 Å². The van der Waals surface area contributed by atoms with Crippen molar-refractivity contribution >= 4 is 5.91 Å². The van der Waals surface area contributed by atoms with E-state index in [0.717, 1.165) is 36.4 Å². The van der Waals surface area contributed by atoms with Gasteiger partial charge in [-0.3, -0.25) is 4.79 Å². The summed E-state index contributed by atoms with van der Waals surface area (Å²) in [4.78, 5) is 14.0. The van der Waals surface area contributed by atoms with Crippen LogP contribution in [0.4, 0.5) is 0 Å². The van der Waals surface area contributed by atoms with Crippen molar-refractivity contribution in [3.05, 3.63) is 23.8 Å². The number of hydrogen-bond donors (Lipinski definition) is 1. The monoisotopic (exact) mass is 277 g/mol. The SMILES string of the molecule is O=C(CCc1ccc2c(c1)OCO2)N1CCC[C@H]1CO. The van der Waals surface area contributed by atoms with Gasteiger partial charge in [0.15, 0.2) is 11.5 Å². The molecule has 1 aromatic rings. The number of rotatable bonds is 4. The van der Waals surface area contributed by atoms with Gasteiger partial charge in [0.2, 0.25) is 12.7 Å². The largest absolute Gasteiger partial charge is 0.454 e. The van der Waals surface area contributed by atoms with Gasteiger partial charge in [-0.25, -0.2) is 0 Å². The predicted octanol–water partition coefficient (Wildman–Crippen LogP) is 1.33. The Morgan fingerprint density at radius 2 is 2.20 bits per heavy atom. The fourth-order valence-corrected chi connectivity index (χ4v) is 2.85. The van der Waals surface area contributed by atoms with Gasteiger partial charge in [0.05, 0.1) is 12.6 Å². The highest BCUT2D eigenvalue weighted by Gasteiger charge is 2.27. The Labute approximate surface area is 118 Å². The first kappa shape index (κ1) is 13.2. The van der Waals surface area contributed by atoms with Gasteiger partial charge in [-0.2, -0.15) is 0 Å². The molecule has 5 heteroatoms. The molecule has 2 heterocycles. The third-order valence-corrected chi connectivity index (χ3v) is 3.97.